The summed E-state index contributed by atoms with van der Waals surface area (Å²) in [6.45, 7) is 0.803. The zero-order valence-corrected chi connectivity index (χ0v) is 14.3. The van der Waals surface area contributed by atoms with E-state index in [1.165, 1.54) is 24.0 Å². The zero-order chi connectivity index (χ0) is 18.8. The number of para-hydroxylation sites is 1. The number of benzene rings is 2. The number of fused-ring (bicyclic) bond motifs is 1. The molecule has 0 aliphatic carbocycles. The Labute approximate surface area is 154 Å². The van der Waals surface area contributed by atoms with E-state index in [1.54, 1.807) is 0 Å². The van der Waals surface area contributed by atoms with Gasteiger partial charge >= 0.3 is 0 Å². The third-order valence-corrected chi connectivity index (χ3v) is 4.43. The lowest BCUT2D eigenvalue weighted by Gasteiger charge is -2.29. The first kappa shape index (κ1) is 17.1. The fourth-order valence-electron chi connectivity index (χ4n) is 3.10. The van der Waals surface area contributed by atoms with Gasteiger partial charge in [-0.15, -0.1) is 0 Å². The van der Waals surface area contributed by atoms with E-state index in [0.29, 0.717) is 5.95 Å². The number of carbonyl (C=O) groups is 1. The number of aromatic nitrogens is 2. The van der Waals surface area contributed by atoms with Crippen LogP contribution in [0.1, 0.15) is 22.3 Å². The van der Waals surface area contributed by atoms with E-state index in [0.717, 1.165) is 37.2 Å². The van der Waals surface area contributed by atoms with Crippen molar-refractivity contribution in [3.8, 4) is 0 Å². The molecule has 1 aliphatic rings. The van der Waals surface area contributed by atoms with Crippen molar-refractivity contribution in [2.45, 2.75) is 12.8 Å². The lowest BCUT2D eigenvalue weighted by atomic mass is 10.0. The van der Waals surface area contributed by atoms with Gasteiger partial charge in [0.1, 0.15) is 0 Å². The first-order chi connectivity index (χ1) is 13.1. The van der Waals surface area contributed by atoms with Gasteiger partial charge in [-0.05, 0) is 36.6 Å². The van der Waals surface area contributed by atoms with Crippen LogP contribution in [0, 0.1) is 11.6 Å². The third kappa shape index (κ3) is 3.48. The number of anilines is 3. The van der Waals surface area contributed by atoms with Crippen LogP contribution in [0.15, 0.2) is 54.9 Å². The second-order valence-electron chi connectivity index (χ2n) is 6.24. The Morgan fingerprint density at radius 2 is 1.81 bits per heavy atom. The molecule has 1 aromatic heterocycles. The minimum Gasteiger partial charge on any atom is -0.322 e. The smallest absolute Gasteiger partial charge is 0.258 e. The van der Waals surface area contributed by atoms with Crippen LogP contribution in [-0.2, 0) is 6.42 Å². The highest BCUT2D eigenvalue weighted by atomic mass is 19.2. The van der Waals surface area contributed by atoms with Crippen molar-refractivity contribution < 1.29 is 13.6 Å². The normalized spacial score (nSPS) is 13.2. The maximum atomic E-state index is 13.3. The van der Waals surface area contributed by atoms with Crippen LogP contribution in [-0.4, -0.2) is 22.4 Å². The number of aryl methyl sites for hydroxylation is 1. The van der Waals surface area contributed by atoms with Crippen molar-refractivity contribution in [2.75, 3.05) is 16.8 Å². The number of hydrogen-bond donors (Lipinski definition) is 1. The SMILES string of the molecule is O=C(Nc1ccc(F)c(F)c1)c1cnc(N2CCCc3ccccc32)nc1. The molecule has 0 saturated heterocycles. The van der Waals surface area contributed by atoms with E-state index in [1.807, 2.05) is 23.1 Å². The van der Waals surface area contributed by atoms with Gasteiger partial charge in [0.2, 0.25) is 5.95 Å². The molecule has 27 heavy (non-hydrogen) atoms. The summed E-state index contributed by atoms with van der Waals surface area (Å²) in [4.78, 5) is 22.9. The standard InChI is InChI=1S/C20H16F2N4O/c21-16-8-7-15(10-17(16)22)25-19(27)14-11-23-20(24-12-14)26-9-3-5-13-4-1-2-6-18(13)26/h1-2,4,6-8,10-12H,3,5,9H2,(H,25,27). The van der Waals surface area contributed by atoms with Crippen molar-refractivity contribution in [3.05, 3.63) is 77.6 Å². The fourth-order valence-corrected chi connectivity index (χ4v) is 3.10. The van der Waals surface area contributed by atoms with Gasteiger partial charge in [-0.1, -0.05) is 18.2 Å². The van der Waals surface area contributed by atoms with Crippen LogP contribution >= 0.6 is 0 Å². The van der Waals surface area contributed by atoms with Crippen LogP contribution < -0.4 is 10.2 Å². The van der Waals surface area contributed by atoms with E-state index in [2.05, 4.69) is 21.4 Å². The average Bonchev–Trinajstić information content (AvgIpc) is 2.70. The number of hydrogen-bond acceptors (Lipinski definition) is 4. The first-order valence-corrected chi connectivity index (χ1v) is 8.56. The van der Waals surface area contributed by atoms with Crippen LogP contribution in [0.2, 0.25) is 0 Å². The predicted octanol–water partition coefficient (Wildman–Crippen LogP) is 4.09. The molecule has 0 radical (unpaired) electrons. The van der Waals surface area contributed by atoms with Crippen molar-refractivity contribution in [1.29, 1.82) is 0 Å². The number of nitrogens with one attached hydrogen (secondary N) is 1. The molecule has 1 N–H and O–H groups in total. The molecule has 2 aromatic carbocycles. The summed E-state index contributed by atoms with van der Waals surface area (Å²) in [7, 11) is 0. The molecule has 2 heterocycles. The lowest BCUT2D eigenvalue weighted by molar-refractivity contribution is 0.102. The fraction of sp³-hybridized carbons (Fsp3) is 0.150. The summed E-state index contributed by atoms with van der Waals surface area (Å²) in [6, 6.07) is 11.3. The van der Waals surface area contributed by atoms with Gasteiger partial charge in [-0.2, -0.15) is 0 Å². The van der Waals surface area contributed by atoms with Crippen LogP contribution in [0.25, 0.3) is 0 Å². The quantitative estimate of drug-likeness (QED) is 0.758. The van der Waals surface area contributed by atoms with Gasteiger partial charge in [0.05, 0.1) is 5.56 Å². The van der Waals surface area contributed by atoms with Crippen LogP contribution in [0.3, 0.4) is 0 Å². The van der Waals surface area contributed by atoms with Crippen LogP contribution in [0.4, 0.5) is 26.1 Å². The number of rotatable bonds is 3. The Morgan fingerprint density at radius 3 is 2.59 bits per heavy atom. The zero-order valence-electron chi connectivity index (χ0n) is 14.3. The molecule has 7 heteroatoms. The summed E-state index contributed by atoms with van der Waals surface area (Å²) < 4.78 is 26.2. The molecule has 1 amide bonds. The molecular weight excluding hydrogens is 350 g/mol. The van der Waals surface area contributed by atoms with E-state index in [-0.39, 0.29) is 11.3 Å². The van der Waals surface area contributed by atoms with Crippen molar-refractivity contribution in [1.82, 2.24) is 9.97 Å². The number of nitrogens with zero attached hydrogens (tertiary/aromatic N) is 3. The van der Waals surface area contributed by atoms with E-state index >= 15 is 0 Å². The maximum absolute atomic E-state index is 13.3. The number of halogens is 2. The molecule has 1 aliphatic heterocycles. The minimum absolute atomic E-state index is 0.160. The van der Waals surface area contributed by atoms with E-state index < -0.39 is 17.5 Å². The Kier molecular flexibility index (Phi) is 4.50. The average molecular weight is 366 g/mol. The monoisotopic (exact) mass is 366 g/mol. The summed E-state index contributed by atoms with van der Waals surface area (Å²) in [5.74, 6) is -1.97. The molecule has 0 bridgehead atoms. The molecule has 0 atom stereocenters. The van der Waals surface area contributed by atoms with Gasteiger partial charge in [0.15, 0.2) is 11.6 Å². The first-order valence-electron chi connectivity index (χ1n) is 8.56. The molecular formula is C20H16F2N4O. The molecule has 3 aromatic rings. The maximum Gasteiger partial charge on any atom is 0.258 e. The van der Waals surface area contributed by atoms with Crippen LogP contribution in [0.5, 0.6) is 0 Å². The summed E-state index contributed by atoms with van der Waals surface area (Å²) in [6.07, 6.45) is 4.86. The summed E-state index contributed by atoms with van der Waals surface area (Å²) >= 11 is 0. The van der Waals surface area contributed by atoms with Crippen molar-refractivity contribution in [3.63, 3.8) is 0 Å². The topological polar surface area (TPSA) is 58.1 Å². The van der Waals surface area contributed by atoms with Gasteiger partial charge in [-0.25, -0.2) is 18.7 Å². The summed E-state index contributed by atoms with van der Waals surface area (Å²) in [5.41, 5.74) is 2.71. The van der Waals surface area contributed by atoms with Gasteiger partial charge in [0.25, 0.3) is 5.91 Å². The predicted molar refractivity (Wildman–Crippen MR) is 98.1 cm³/mol. The molecule has 0 saturated carbocycles. The van der Waals surface area contributed by atoms with Crippen molar-refractivity contribution in [2.24, 2.45) is 0 Å². The highest BCUT2D eigenvalue weighted by Crippen LogP contribution is 2.31. The minimum atomic E-state index is -1.02. The molecule has 4 rings (SSSR count). The lowest BCUT2D eigenvalue weighted by Crippen LogP contribution is -2.26. The highest BCUT2D eigenvalue weighted by molar-refractivity contribution is 6.03. The number of amides is 1. The molecule has 136 valence electrons. The molecule has 0 spiro atoms. The van der Waals surface area contributed by atoms with Crippen molar-refractivity contribution >= 4 is 23.2 Å². The third-order valence-electron chi connectivity index (χ3n) is 4.43. The number of carbonyl (C=O) groups excluding carboxylic acids is 1. The Bertz CT molecular complexity index is 992. The Hall–Kier alpha value is -3.35. The van der Waals surface area contributed by atoms with E-state index in [4.69, 9.17) is 0 Å². The molecule has 0 fully saturated rings. The molecule has 0 unspecified atom stereocenters. The van der Waals surface area contributed by atoms with Gasteiger partial charge in [-0.3, -0.25) is 4.79 Å². The Morgan fingerprint density at radius 1 is 1.04 bits per heavy atom. The van der Waals surface area contributed by atoms with E-state index in [9.17, 15) is 13.6 Å². The largest absolute Gasteiger partial charge is 0.322 e. The Balaban J connectivity index is 1.52. The van der Waals surface area contributed by atoms with Gasteiger partial charge < -0.3 is 10.2 Å². The second-order valence-corrected chi connectivity index (χ2v) is 6.24. The second kappa shape index (κ2) is 7.11. The summed E-state index contributed by atoms with van der Waals surface area (Å²) in [5, 5.41) is 2.50. The highest BCUT2D eigenvalue weighted by Gasteiger charge is 2.20. The molecule has 5 nitrogen and oxygen atoms in total. The van der Waals surface area contributed by atoms with Gasteiger partial charge in [0, 0.05) is 36.4 Å².